The van der Waals surface area contributed by atoms with Crippen molar-refractivity contribution < 1.29 is 22.7 Å². The zero-order chi connectivity index (χ0) is 26.0. The van der Waals surface area contributed by atoms with Crippen molar-refractivity contribution in [3.63, 3.8) is 0 Å². The lowest BCUT2D eigenvalue weighted by molar-refractivity contribution is -0.137. The number of hydrogen-bond acceptors (Lipinski definition) is 7. The van der Waals surface area contributed by atoms with Gasteiger partial charge in [0.2, 0.25) is 0 Å². The van der Waals surface area contributed by atoms with Crippen molar-refractivity contribution in [1.29, 1.82) is 0 Å². The highest BCUT2D eigenvalue weighted by Gasteiger charge is 2.33. The molecule has 0 unspecified atom stereocenters. The zero-order valence-corrected chi connectivity index (χ0v) is 19.7. The van der Waals surface area contributed by atoms with Gasteiger partial charge in [-0.3, -0.25) is 4.79 Å². The lowest BCUT2D eigenvalue weighted by atomic mass is 9.98. The van der Waals surface area contributed by atoms with E-state index in [1.807, 2.05) is 17.7 Å². The number of fused-ring (bicyclic) bond motifs is 1. The quantitative estimate of drug-likeness (QED) is 0.402. The standard InChI is InChI=1S/C25H22F3N7O2/c1-35-22(33-34-23(35)20-7-9-29-14-31-20)13-30-17-4-2-3-15(11-17)24(36)32-19-8-10-37-21-12-16(25(26,27)28)5-6-18(19)21/h2-7,9,11-12,14,19,30H,8,10,13H2,1H3,(H,32,36)/t19-/m1/s1. The maximum absolute atomic E-state index is 13.1. The van der Waals surface area contributed by atoms with Gasteiger partial charge in [-0.2, -0.15) is 13.2 Å². The fourth-order valence-electron chi connectivity index (χ4n) is 4.07. The lowest BCUT2D eigenvalue weighted by Crippen LogP contribution is -2.32. The Balaban J connectivity index is 1.26. The second-order valence-electron chi connectivity index (χ2n) is 8.44. The largest absolute Gasteiger partial charge is 0.493 e. The molecule has 0 bridgehead atoms. The molecule has 1 aliphatic rings. The number of alkyl halides is 3. The van der Waals surface area contributed by atoms with E-state index in [1.54, 1.807) is 30.5 Å². The molecule has 2 aromatic heterocycles. The molecular formula is C25H22F3N7O2. The van der Waals surface area contributed by atoms with Crippen molar-refractivity contribution in [2.75, 3.05) is 11.9 Å². The van der Waals surface area contributed by atoms with E-state index in [4.69, 9.17) is 4.74 Å². The molecule has 1 amide bonds. The summed E-state index contributed by atoms with van der Waals surface area (Å²) in [6.45, 7) is 0.560. The highest BCUT2D eigenvalue weighted by molar-refractivity contribution is 5.95. The Hall–Kier alpha value is -4.48. The maximum atomic E-state index is 13.1. The molecule has 5 rings (SSSR count). The van der Waals surface area contributed by atoms with E-state index in [1.165, 1.54) is 12.4 Å². The molecule has 2 N–H and O–H groups in total. The van der Waals surface area contributed by atoms with Crippen LogP contribution in [0.25, 0.3) is 11.5 Å². The molecule has 190 valence electrons. The van der Waals surface area contributed by atoms with Gasteiger partial charge in [0.1, 0.15) is 17.8 Å². The second kappa shape index (κ2) is 9.88. The number of hydrogen-bond donors (Lipinski definition) is 2. The van der Waals surface area contributed by atoms with Crippen LogP contribution in [0, 0.1) is 0 Å². The molecule has 0 radical (unpaired) electrons. The minimum absolute atomic E-state index is 0.131. The zero-order valence-electron chi connectivity index (χ0n) is 19.7. The molecule has 3 heterocycles. The smallest absolute Gasteiger partial charge is 0.416 e. The first-order chi connectivity index (χ1) is 17.8. The van der Waals surface area contributed by atoms with Gasteiger partial charge in [0.15, 0.2) is 11.6 Å². The van der Waals surface area contributed by atoms with Gasteiger partial charge >= 0.3 is 6.18 Å². The van der Waals surface area contributed by atoms with Gasteiger partial charge in [0.25, 0.3) is 5.91 Å². The Kier molecular flexibility index (Phi) is 6.47. The van der Waals surface area contributed by atoms with Gasteiger partial charge in [0.05, 0.1) is 24.8 Å². The van der Waals surface area contributed by atoms with Crippen LogP contribution in [-0.2, 0) is 19.8 Å². The molecule has 2 aromatic carbocycles. The van der Waals surface area contributed by atoms with E-state index < -0.39 is 17.8 Å². The lowest BCUT2D eigenvalue weighted by Gasteiger charge is -2.27. The third kappa shape index (κ3) is 5.22. The summed E-state index contributed by atoms with van der Waals surface area (Å²) in [6, 6.07) is 11.5. The second-order valence-corrected chi connectivity index (χ2v) is 8.44. The highest BCUT2D eigenvalue weighted by atomic mass is 19.4. The minimum Gasteiger partial charge on any atom is -0.493 e. The van der Waals surface area contributed by atoms with Crippen molar-refractivity contribution in [3.8, 4) is 17.3 Å². The van der Waals surface area contributed by atoms with Crippen LogP contribution in [0.3, 0.4) is 0 Å². The average molecular weight is 509 g/mol. The number of carbonyl (C=O) groups is 1. The number of rotatable bonds is 6. The molecule has 1 atom stereocenters. The monoisotopic (exact) mass is 509 g/mol. The van der Waals surface area contributed by atoms with Crippen molar-refractivity contribution in [2.45, 2.75) is 25.2 Å². The molecule has 0 saturated heterocycles. The Morgan fingerprint density at radius 3 is 2.81 bits per heavy atom. The normalized spacial score (nSPS) is 15.0. The summed E-state index contributed by atoms with van der Waals surface area (Å²) in [4.78, 5) is 21.1. The summed E-state index contributed by atoms with van der Waals surface area (Å²) in [5.41, 5.74) is 1.48. The summed E-state index contributed by atoms with van der Waals surface area (Å²) in [5.74, 6) is 1.06. The van der Waals surface area contributed by atoms with Crippen molar-refractivity contribution in [3.05, 3.63) is 83.6 Å². The molecule has 9 nitrogen and oxygen atoms in total. The van der Waals surface area contributed by atoms with E-state index in [9.17, 15) is 18.0 Å². The first-order valence-electron chi connectivity index (χ1n) is 11.4. The van der Waals surface area contributed by atoms with Crippen LogP contribution < -0.4 is 15.4 Å². The predicted molar refractivity (Wildman–Crippen MR) is 128 cm³/mol. The maximum Gasteiger partial charge on any atom is 0.416 e. The third-order valence-corrected chi connectivity index (χ3v) is 6.04. The number of aromatic nitrogens is 5. The molecular weight excluding hydrogens is 487 g/mol. The molecule has 12 heteroatoms. The number of halogens is 3. The predicted octanol–water partition coefficient (Wildman–Crippen LogP) is 4.16. The summed E-state index contributed by atoms with van der Waals surface area (Å²) in [5, 5.41) is 14.6. The van der Waals surface area contributed by atoms with Gasteiger partial charge in [-0.05, 0) is 36.4 Å². The van der Waals surface area contributed by atoms with Crippen LogP contribution in [0.15, 0.2) is 61.1 Å². The summed E-state index contributed by atoms with van der Waals surface area (Å²) in [6.07, 6.45) is -0.950. The third-order valence-electron chi connectivity index (χ3n) is 6.04. The van der Waals surface area contributed by atoms with Crippen LogP contribution in [0.2, 0.25) is 0 Å². The number of carbonyl (C=O) groups excluding carboxylic acids is 1. The summed E-state index contributed by atoms with van der Waals surface area (Å²) < 4.78 is 46.4. The van der Waals surface area contributed by atoms with E-state index in [-0.39, 0.29) is 18.3 Å². The van der Waals surface area contributed by atoms with Crippen LogP contribution in [-0.4, -0.2) is 37.2 Å². The van der Waals surface area contributed by atoms with Gasteiger partial charge in [0, 0.05) is 36.5 Å². The Morgan fingerprint density at radius 1 is 1.16 bits per heavy atom. The SMILES string of the molecule is Cn1c(CNc2cccc(C(=O)N[C@@H]3CCOc4cc(C(F)(F)F)ccc43)c2)nnc1-c1ccncn1. The van der Waals surface area contributed by atoms with Gasteiger partial charge in [-0.1, -0.05) is 12.1 Å². The van der Waals surface area contributed by atoms with Crippen molar-refractivity contribution in [2.24, 2.45) is 7.05 Å². The number of ether oxygens (including phenoxy) is 1. The van der Waals surface area contributed by atoms with Crippen molar-refractivity contribution >= 4 is 11.6 Å². The molecule has 0 fully saturated rings. The molecule has 4 aromatic rings. The fourth-order valence-corrected chi connectivity index (χ4v) is 4.07. The van der Waals surface area contributed by atoms with Crippen LogP contribution in [0.5, 0.6) is 5.75 Å². The molecule has 1 aliphatic heterocycles. The Labute approximate surface area is 209 Å². The first-order valence-corrected chi connectivity index (χ1v) is 11.4. The molecule has 0 spiro atoms. The summed E-state index contributed by atoms with van der Waals surface area (Å²) in [7, 11) is 1.84. The minimum atomic E-state index is -4.47. The number of nitrogens with one attached hydrogen (secondary N) is 2. The number of anilines is 1. The van der Waals surface area contributed by atoms with E-state index in [0.29, 0.717) is 47.1 Å². The van der Waals surface area contributed by atoms with Gasteiger partial charge in [-0.15, -0.1) is 10.2 Å². The summed E-state index contributed by atoms with van der Waals surface area (Å²) >= 11 is 0. The Bertz CT molecular complexity index is 1420. The van der Waals surface area contributed by atoms with Gasteiger partial charge in [-0.25, -0.2) is 9.97 Å². The topological polar surface area (TPSA) is 107 Å². The van der Waals surface area contributed by atoms with Crippen LogP contribution in [0.1, 0.15) is 39.8 Å². The van der Waals surface area contributed by atoms with E-state index >= 15 is 0 Å². The first kappa shape index (κ1) is 24.2. The van der Waals surface area contributed by atoms with Crippen LogP contribution in [0.4, 0.5) is 18.9 Å². The molecule has 0 saturated carbocycles. The van der Waals surface area contributed by atoms with Crippen LogP contribution >= 0.6 is 0 Å². The number of nitrogens with zero attached hydrogens (tertiary/aromatic N) is 5. The average Bonchev–Trinajstić information content (AvgIpc) is 3.27. The number of benzene rings is 2. The Morgan fingerprint density at radius 2 is 2.03 bits per heavy atom. The van der Waals surface area contributed by atoms with Crippen molar-refractivity contribution in [1.82, 2.24) is 30.0 Å². The number of amides is 1. The molecule has 37 heavy (non-hydrogen) atoms. The highest BCUT2D eigenvalue weighted by Crippen LogP contribution is 2.38. The fraction of sp³-hybridized carbons (Fsp3) is 0.240. The van der Waals surface area contributed by atoms with E-state index in [0.717, 1.165) is 12.1 Å². The van der Waals surface area contributed by atoms with Gasteiger partial charge < -0.3 is 19.9 Å². The molecule has 0 aliphatic carbocycles. The van der Waals surface area contributed by atoms with E-state index in [2.05, 4.69) is 30.8 Å².